The molecule has 0 unspecified atom stereocenters. The van der Waals surface area contributed by atoms with Crippen molar-refractivity contribution < 1.29 is 19.0 Å². The molecule has 2 aromatic carbocycles. The average molecular weight is 293 g/mol. The molecule has 0 amide bonds. The number of rotatable bonds is 4. The molecule has 102 valence electrons. The lowest BCUT2D eigenvalue weighted by Gasteiger charge is -2.10. The third kappa shape index (κ3) is 3.59. The van der Waals surface area contributed by atoms with Crippen LogP contribution in [-0.4, -0.2) is 11.1 Å². The van der Waals surface area contributed by atoms with Gasteiger partial charge >= 0.3 is 5.97 Å². The van der Waals surface area contributed by atoms with Crippen LogP contribution in [0.3, 0.4) is 0 Å². The van der Waals surface area contributed by atoms with E-state index in [9.17, 15) is 9.18 Å². The Morgan fingerprint density at radius 3 is 2.65 bits per heavy atom. The molecule has 0 heterocycles. The van der Waals surface area contributed by atoms with Crippen molar-refractivity contribution in [1.29, 1.82) is 0 Å². The Morgan fingerprint density at radius 2 is 1.95 bits per heavy atom. The molecule has 0 bridgehead atoms. The summed E-state index contributed by atoms with van der Waals surface area (Å²) < 4.78 is 18.8. The van der Waals surface area contributed by atoms with Crippen LogP contribution < -0.4 is 4.74 Å². The number of hydrogen-bond donors (Lipinski definition) is 1. The van der Waals surface area contributed by atoms with E-state index in [2.05, 4.69) is 0 Å². The van der Waals surface area contributed by atoms with E-state index in [0.717, 1.165) is 6.08 Å². The molecule has 20 heavy (non-hydrogen) atoms. The molecule has 0 aliphatic rings. The molecule has 0 aliphatic heterocycles. The monoisotopic (exact) mass is 292 g/mol. The molecule has 0 aromatic heterocycles. The first-order chi connectivity index (χ1) is 9.56. The van der Waals surface area contributed by atoms with E-state index in [4.69, 9.17) is 21.4 Å². The zero-order valence-corrected chi connectivity index (χ0v) is 11.0. The molecular weight excluding hydrogens is 283 g/mol. The Morgan fingerprint density at radius 1 is 1.20 bits per heavy atom. The summed E-state index contributed by atoms with van der Waals surface area (Å²) in [5, 5.41) is 9.03. The van der Waals surface area contributed by atoms with Gasteiger partial charge in [-0.3, -0.25) is 0 Å². The largest absolute Gasteiger partial charge is 0.478 e. The van der Waals surface area contributed by atoms with E-state index in [1.807, 2.05) is 0 Å². The lowest BCUT2D eigenvalue weighted by molar-refractivity contribution is -0.131. The number of para-hydroxylation sites is 1. The highest BCUT2D eigenvalue weighted by atomic mass is 35.5. The van der Waals surface area contributed by atoms with Crippen molar-refractivity contribution >= 4 is 23.6 Å². The van der Waals surface area contributed by atoms with Crippen LogP contribution in [0, 0.1) is 5.82 Å². The number of halogens is 2. The molecule has 0 atom stereocenters. The van der Waals surface area contributed by atoms with Crippen LogP contribution in [0.15, 0.2) is 48.5 Å². The number of ether oxygens (including phenoxy) is 1. The Hall–Kier alpha value is -2.33. The minimum Gasteiger partial charge on any atom is -0.478 e. The first-order valence-electron chi connectivity index (χ1n) is 5.69. The smallest absolute Gasteiger partial charge is 0.328 e. The Kier molecular flexibility index (Phi) is 4.38. The van der Waals surface area contributed by atoms with Gasteiger partial charge in [-0.05, 0) is 36.4 Å². The molecule has 0 radical (unpaired) electrons. The maximum absolute atomic E-state index is 13.2. The molecule has 0 fully saturated rings. The molecular formula is C15H10ClFO3. The van der Waals surface area contributed by atoms with Gasteiger partial charge in [-0.1, -0.05) is 23.7 Å². The van der Waals surface area contributed by atoms with E-state index in [1.165, 1.54) is 24.3 Å². The van der Waals surface area contributed by atoms with Crippen molar-refractivity contribution in [2.24, 2.45) is 0 Å². The summed E-state index contributed by atoms with van der Waals surface area (Å²) in [6.07, 6.45) is 2.17. The van der Waals surface area contributed by atoms with Gasteiger partial charge in [-0.2, -0.15) is 0 Å². The van der Waals surface area contributed by atoms with Gasteiger partial charge < -0.3 is 9.84 Å². The predicted octanol–water partition coefficient (Wildman–Crippen LogP) is 4.37. The summed E-state index contributed by atoms with van der Waals surface area (Å²) in [4.78, 5) is 10.5. The van der Waals surface area contributed by atoms with Gasteiger partial charge in [0, 0.05) is 11.6 Å². The van der Waals surface area contributed by atoms with Gasteiger partial charge in [0.2, 0.25) is 0 Å². The van der Waals surface area contributed by atoms with Gasteiger partial charge in [0.1, 0.15) is 17.3 Å². The first-order valence-corrected chi connectivity index (χ1v) is 6.07. The highest BCUT2D eigenvalue weighted by Crippen LogP contribution is 2.31. The molecule has 0 saturated carbocycles. The quantitative estimate of drug-likeness (QED) is 0.851. The van der Waals surface area contributed by atoms with Crippen molar-refractivity contribution in [3.05, 3.63) is 64.9 Å². The number of carbonyl (C=O) groups is 1. The average Bonchev–Trinajstić information content (AvgIpc) is 2.41. The zero-order valence-electron chi connectivity index (χ0n) is 10.2. The first kappa shape index (κ1) is 14.1. The van der Waals surface area contributed by atoms with Crippen LogP contribution in [0.4, 0.5) is 4.39 Å². The second-order valence-corrected chi connectivity index (χ2v) is 4.29. The van der Waals surface area contributed by atoms with Crippen LogP contribution in [0.25, 0.3) is 6.08 Å². The Balaban J connectivity index is 2.36. The minimum atomic E-state index is -1.13. The lowest BCUT2D eigenvalue weighted by Crippen LogP contribution is -1.91. The van der Waals surface area contributed by atoms with Gasteiger partial charge in [-0.15, -0.1) is 0 Å². The Labute approximate surface area is 119 Å². The highest BCUT2D eigenvalue weighted by Gasteiger charge is 2.07. The second-order valence-electron chi connectivity index (χ2n) is 3.89. The maximum Gasteiger partial charge on any atom is 0.328 e. The van der Waals surface area contributed by atoms with Crippen molar-refractivity contribution in [1.82, 2.24) is 0 Å². The van der Waals surface area contributed by atoms with E-state index >= 15 is 0 Å². The highest BCUT2D eigenvalue weighted by molar-refractivity contribution is 6.32. The topological polar surface area (TPSA) is 46.5 Å². The van der Waals surface area contributed by atoms with Gasteiger partial charge in [0.25, 0.3) is 0 Å². The summed E-state index contributed by atoms with van der Waals surface area (Å²) >= 11 is 5.97. The standard InChI is InChI=1S/C15H10ClFO3/c16-12-3-1-2-4-14(12)20-13-7-6-11(17)9-10(13)5-8-15(18)19/h1-9H,(H,18,19)/b8-5+. The van der Waals surface area contributed by atoms with E-state index in [0.29, 0.717) is 22.1 Å². The molecule has 0 aliphatic carbocycles. The summed E-state index contributed by atoms with van der Waals surface area (Å²) in [6.45, 7) is 0. The van der Waals surface area contributed by atoms with Gasteiger partial charge in [0.15, 0.2) is 0 Å². The van der Waals surface area contributed by atoms with Gasteiger partial charge in [-0.25, -0.2) is 9.18 Å². The summed E-state index contributed by atoms with van der Waals surface area (Å²) in [7, 11) is 0. The van der Waals surface area contributed by atoms with Crippen molar-refractivity contribution in [3.63, 3.8) is 0 Å². The molecule has 1 N–H and O–H groups in total. The number of carboxylic acids is 1. The number of benzene rings is 2. The zero-order chi connectivity index (χ0) is 14.5. The van der Waals surface area contributed by atoms with Crippen LogP contribution in [0.1, 0.15) is 5.56 Å². The molecule has 0 spiro atoms. The summed E-state index contributed by atoms with van der Waals surface area (Å²) in [5.74, 6) is -0.887. The van der Waals surface area contributed by atoms with E-state index in [-0.39, 0.29) is 0 Å². The van der Waals surface area contributed by atoms with Crippen molar-refractivity contribution in [2.75, 3.05) is 0 Å². The van der Waals surface area contributed by atoms with Crippen LogP contribution in [0.5, 0.6) is 11.5 Å². The number of aliphatic carboxylic acids is 1. The number of carboxylic acid groups (broad SMARTS) is 1. The molecule has 2 rings (SSSR count). The Bertz CT molecular complexity index is 668. The number of hydrogen-bond acceptors (Lipinski definition) is 2. The normalized spacial score (nSPS) is 10.7. The molecule has 2 aromatic rings. The second kappa shape index (κ2) is 6.21. The lowest BCUT2D eigenvalue weighted by atomic mass is 10.2. The fourth-order valence-electron chi connectivity index (χ4n) is 1.55. The van der Waals surface area contributed by atoms with Crippen molar-refractivity contribution in [2.45, 2.75) is 0 Å². The van der Waals surface area contributed by atoms with E-state index < -0.39 is 11.8 Å². The third-order valence-corrected chi connectivity index (χ3v) is 2.75. The van der Waals surface area contributed by atoms with E-state index in [1.54, 1.807) is 24.3 Å². The SMILES string of the molecule is O=C(O)/C=C/c1cc(F)ccc1Oc1ccccc1Cl. The molecule has 3 nitrogen and oxygen atoms in total. The van der Waals surface area contributed by atoms with Crippen LogP contribution in [-0.2, 0) is 4.79 Å². The molecule has 0 saturated heterocycles. The minimum absolute atomic E-state index is 0.312. The predicted molar refractivity (Wildman–Crippen MR) is 74.6 cm³/mol. The van der Waals surface area contributed by atoms with Gasteiger partial charge in [0.05, 0.1) is 5.02 Å². The fraction of sp³-hybridized carbons (Fsp3) is 0. The molecule has 5 heteroatoms. The third-order valence-electron chi connectivity index (χ3n) is 2.43. The fourth-order valence-corrected chi connectivity index (χ4v) is 1.72. The summed E-state index contributed by atoms with van der Waals surface area (Å²) in [6, 6.07) is 10.7. The van der Waals surface area contributed by atoms with Crippen LogP contribution >= 0.6 is 11.6 Å². The van der Waals surface area contributed by atoms with Crippen molar-refractivity contribution in [3.8, 4) is 11.5 Å². The maximum atomic E-state index is 13.2. The summed E-state index contributed by atoms with van der Waals surface area (Å²) in [5.41, 5.74) is 0.312. The van der Waals surface area contributed by atoms with Crippen LogP contribution in [0.2, 0.25) is 5.02 Å².